The monoisotopic (exact) mass is 637 g/mol. The molecular formula is C33H49Cl2N3O5. The fourth-order valence-electron chi connectivity index (χ4n) is 5.92. The van der Waals surface area contributed by atoms with Gasteiger partial charge < -0.3 is 25.0 Å². The highest BCUT2D eigenvalue weighted by Gasteiger charge is 2.21. The third-order valence-electron chi connectivity index (χ3n) is 8.40. The van der Waals surface area contributed by atoms with Gasteiger partial charge in [-0.2, -0.15) is 0 Å². The summed E-state index contributed by atoms with van der Waals surface area (Å²) in [6.07, 6.45) is 7.29. The van der Waals surface area contributed by atoms with E-state index in [4.69, 9.17) is 0 Å². The van der Waals surface area contributed by atoms with Crippen LogP contribution >= 0.6 is 24.8 Å². The first kappa shape index (κ1) is 38.4. The quantitative estimate of drug-likeness (QED) is 0.101. The molecule has 1 heterocycles. The summed E-state index contributed by atoms with van der Waals surface area (Å²) in [6.45, 7) is 14.8. The van der Waals surface area contributed by atoms with E-state index in [1.165, 1.54) is 12.1 Å². The number of fused-ring (bicyclic) bond motifs is 3. The molecule has 0 aliphatic rings. The van der Waals surface area contributed by atoms with Crippen LogP contribution in [-0.2, 0) is 12.8 Å². The average Bonchev–Trinajstić information content (AvgIpc) is 2.96. The minimum Gasteiger partial charge on any atom is -0.478 e. The number of nitrogens with one attached hydrogen (secondary N) is 1. The number of aromatic nitrogens is 1. The Morgan fingerprint density at radius 3 is 1.72 bits per heavy atom. The summed E-state index contributed by atoms with van der Waals surface area (Å²) in [7, 11) is 0. The van der Waals surface area contributed by atoms with Crippen LogP contribution in [0.4, 0.5) is 0 Å². The van der Waals surface area contributed by atoms with E-state index in [0.717, 1.165) is 94.3 Å². The molecule has 0 spiro atoms. The number of pyridine rings is 1. The topological polar surface area (TPSA) is 114 Å². The predicted molar refractivity (Wildman–Crippen MR) is 181 cm³/mol. The molecule has 3 N–H and O–H groups in total. The van der Waals surface area contributed by atoms with Crippen molar-refractivity contribution in [3.05, 3.63) is 56.9 Å². The summed E-state index contributed by atoms with van der Waals surface area (Å²) < 4.78 is 0. The van der Waals surface area contributed by atoms with E-state index in [1.54, 1.807) is 12.1 Å². The molecule has 0 aliphatic carbocycles. The van der Waals surface area contributed by atoms with Crippen LogP contribution in [0.25, 0.3) is 21.7 Å². The Labute approximate surface area is 267 Å². The number of carboxylic acid groups (broad SMARTS) is 2. The normalized spacial score (nSPS) is 11.2. The van der Waals surface area contributed by atoms with Gasteiger partial charge in [-0.25, -0.2) is 9.59 Å². The molecule has 1 aromatic heterocycles. The maximum absolute atomic E-state index is 13.0. The van der Waals surface area contributed by atoms with Crippen LogP contribution in [0.5, 0.6) is 0 Å². The van der Waals surface area contributed by atoms with Crippen molar-refractivity contribution < 1.29 is 19.8 Å². The number of carboxylic acids is 2. The number of aromatic amines is 1. The molecule has 2 aromatic carbocycles. The first-order chi connectivity index (χ1) is 19.7. The molecule has 0 aliphatic heterocycles. The lowest BCUT2D eigenvalue weighted by Crippen LogP contribution is -2.23. The van der Waals surface area contributed by atoms with E-state index in [-0.39, 0.29) is 35.9 Å². The van der Waals surface area contributed by atoms with Crippen LogP contribution in [-0.4, -0.2) is 76.2 Å². The number of hydrogen-bond acceptors (Lipinski definition) is 5. The second-order valence-corrected chi connectivity index (χ2v) is 10.8. The van der Waals surface area contributed by atoms with Gasteiger partial charge in [0.25, 0.3) is 5.56 Å². The molecular weight excluding hydrogens is 589 g/mol. The Bertz CT molecular complexity index is 1400. The number of unbranched alkanes of at least 4 members (excludes halogenated alkanes) is 4. The molecule has 0 amide bonds. The van der Waals surface area contributed by atoms with Gasteiger partial charge in [0, 0.05) is 10.8 Å². The zero-order valence-corrected chi connectivity index (χ0v) is 27.7. The smallest absolute Gasteiger partial charge is 0.336 e. The number of H-pyrrole nitrogens is 1. The van der Waals surface area contributed by atoms with Crippen molar-refractivity contribution in [3.8, 4) is 0 Å². The van der Waals surface area contributed by atoms with Crippen molar-refractivity contribution in [3.63, 3.8) is 0 Å². The summed E-state index contributed by atoms with van der Waals surface area (Å²) in [6, 6.07) is 6.24. The van der Waals surface area contributed by atoms with Gasteiger partial charge in [-0.05, 0) is 113 Å². The summed E-state index contributed by atoms with van der Waals surface area (Å²) in [4.78, 5) is 44.8. The van der Waals surface area contributed by atoms with Gasteiger partial charge in [-0.3, -0.25) is 4.79 Å². The van der Waals surface area contributed by atoms with E-state index < -0.39 is 17.5 Å². The molecule has 0 unspecified atom stereocenters. The number of nitrogens with zero attached hydrogens (tertiary/aromatic N) is 2. The first-order valence-electron chi connectivity index (χ1n) is 15.3. The predicted octanol–water partition coefficient (Wildman–Crippen LogP) is 7.03. The molecule has 43 heavy (non-hydrogen) atoms. The van der Waals surface area contributed by atoms with Gasteiger partial charge >= 0.3 is 11.9 Å². The Balaban J connectivity index is 0.00000462. The lowest BCUT2D eigenvalue weighted by molar-refractivity contribution is 0.0685. The number of rotatable bonds is 18. The van der Waals surface area contributed by atoms with Crippen LogP contribution in [0, 0.1) is 0 Å². The van der Waals surface area contributed by atoms with Gasteiger partial charge in [0.1, 0.15) is 0 Å². The molecule has 10 heteroatoms. The maximum Gasteiger partial charge on any atom is 0.336 e. The minimum absolute atomic E-state index is 0. The third kappa shape index (κ3) is 9.93. The van der Waals surface area contributed by atoms with E-state index in [0.29, 0.717) is 29.1 Å². The molecule has 3 aromatic rings. The van der Waals surface area contributed by atoms with Crippen LogP contribution in [0.3, 0.4) is 0 Å². The van der Waals surface area contributed by atoms with Crippen molar-refractivity contribution in [2.75, 3.05) is 39.3 Å². The van der Waals surface area contributed by atoms with Gasteiger partial charge in [0.05, 0.1) is 16.6 Å². The molecule has 0 saturated carbocycles. The number of halogens is 2. The molecule has 3 rings (SSSR count). The largest absolute Gasteiger partial charge is 0.478 e. The van der Waals surface area contributed by atoms with Crippen LogP contribution in [0.2, 0.25) is 0 Å². The molecule has 0 atom stereocenters. The molecule has 0 bridgehead atoms. The van der Waals surface area contributed by atoms with Crippen molar-refractivity contribution in [2.45, 2.75) is 79.1 Å². The van der Waals surface area contributed by atoms with Gasteiger partial charge in [-0.1, -0.05) is 46.6 Å². The standard InChI is InChI=1S/C33H47N3O5.2ClH/c1-5-35(6-2)19-13-9-11-15-24-25(16-12-10-14-20-36(7-3)8-4)30-26-18-17-23(32(38)39)21-27(26)31(37)34-29(30)22-28(24)33(40)41;;/h17-18,21-22H,5-16,19-20H2,1-4H3,(H,34,37)(H,38,39)(H,40,41);2*1H. The van der Waals surface area contributed by atoms with Crippen molar-refractivity contribution in [2.24, 2.45) is 0 Å². The second kappa shape index (κ2) is 18.9. The average molecular weight is 639 g/mol. The Morgan fingerprint density at radius 1 is 0.698 bits per heavy atom. The summed E-state index contributed by atoms with van der Waals surface area (Å²) in [5.74, 6) is -2.08. The number of hydrogen-bond donors (Lipinski definition) is 3. The third-order valence-corrected chi connectivity index (χ3v) is 8.40. The molecule has 8 nitrogen and oxygen atoms in total. The maximum atomic E-state index is 13.0. The number of carbonyl (C=O) groups is 2. The lowest BCUT2D eigenvalue weighted by Gasteiger charge is -2.20. The Kier molecular flexibility index (Phi) is 16.9. The van der Waals surface area contributed by atoms with E-state index in [9.17, 15) is 24.6 Å². The SMILES string of the molecule is CCN(CC)CCCCCc1c(C(=O)O)cc2[nH]c(=O)c3cc(C(=O)O)ccc3c2c1CCCCCN(CC)CC.Cl.Cl. The molecule has 0 radical (unpaired) electrons. The van der Waals surface area contributed by atoms with Gasteiger partial charge in [0.15, 0.2) is 0 Å². The Hall–Kier alpha value is -2.65. The fraction of sp³-hybridized carbons (Fsp3) is 0.545. The zero-order valence-electron chi connectivity index (χ0n) is 26.0. The summed E-state index contributed by atoms with van der Waals surface area (Å²) >= 11 is 0. The van der Waals surface area contributed by atoms with Gasteiger partial charge in [0.2, 0.25) is 0 Å². The van der Waals surface area contributed by atoms with Crippen LogP contribution in [0.1, 0.15) is 98.1 Å². The van der Waals surface area contributed by atoms with E-state index in [2.05, 4.69) is 42.5 Å². The van der Waals surface area contributed by atoms with Crippen LogP contribution < -0.4 is 5.56 Å². The molecule has 240 valence electrons. The lowest BCUT2D eigenvalue weighted by atomic mass is 9.87. The minimum atomic E-state index is -1.09. The highest BCUT2D eigenvalue weighted by Crippen LogP contribution is 2.33. The number of benzene rings is 2. The first-order valence-corrected chi connectivity index (χ1v) is 15.3. The molecule has 0 fully saturated rings. The number of aryl methyl sites for hydroxylation is 1. The van der Waals surface area contributed by atoms with Crippen molar-refractivity contribution in [1.29, 1.82) is 0 Å². The Morgan fingerprint density at radius 2 is 1.23 bits per heavy atom. The van der Waals surface area contributed by atoms with Crippen molar-refractivity contribution >= 4 is 58.4 Å². The second-order valence-electron chi connectivity index (χ2n) is 10.8. The highest BCUT2D eigenvalue weighted by molar-refractivity contribution is 6.11. The number of aromatic carboxylic acids is 2. The summed E-state index contributed by atoms with van der Waals surface area (Å²) in [5, 5.41) is 21.6. The highest BCUT2D eigenvalue weighted by atomic mass is 35.5. The van der Waals surface area contributed by atoms with Crippen molar-refractivity contribution in [1.82, 2.24) is 14.8 Å². The summed E-state index contributed by atoms with van der Waals surface area (Å²) in [5.41, 5.74) is 2.18. The van der Waals surface area contributed by atoms with E-state index >= 15 is 0 Å². The van der Waals surface area contributed by atoms with E-state index in [1.807, 2.05) is 0 Å². The van der Waals surface area contributed by atoms with Gasteiger partial charge in [-0.15, -0.1) is 24.8 Å². The zero-order chi connectivity index (χ0) is 29.9. The molecule has 0 saturated heterocycles. The van der Waals surface area contributed by atoms with Crippen LogP contribution in [0.15, 0.2) is 29.1 Å². The fourth-order valence-corrected chi connectivity index (χ4v) is 5.92.